The number of aromatic amines is 1. The minimum absolute atomic E-state index is 0.364. The number of hydrogen-bond acceptors (Lipinski definition) is 6. The van der Waals surface area contributed by atoms with E-state index in [0.29, 0.717) is 18.3 Å². The van der Waals surface area contributed by atoms with E-state index in [1.807, 2.05) is 36.4 Å². The van der Waals surface area contributed by atoms with Gasteiger partial charge in [-0.05, 0) is 6.42 Å². The topological polar surface area (TPSA) is 88.6 Å². The molecule has 0 aliphatic carbocycles. The minimum Gasteiger partial charge on any atom is -0.381 e. The van der Waals surface area contributed by atoms with Gasteiger partial charge in [0.2, 0.25) is 0 Å². The highest BCUT2D eigenvalue weighted by atomic mass is 16.5. The molecule has 24 heavy (non-hydrogen) atoms. The zero-order valence-corrected chi connectivity index (χ0v) is 13.1. The maximum atomic E-state index is 5.42. The highest BCUT2D eigenvalue weighted by Gasteiger charge is 2.19. The van der Waals surface area contributed by atoms with Crippen LogP contribution in [0.25, 0.3) is 11.4 Å². The van der Waals surface area contributed by atoms with E-state index < -0.39 is 0 Å². The molecule has 7 nitrogen and oxygen atoms in total. The van der Waals surface area contributed by atoms with Gasteiger partial charge in [-0.3, -0.25) is 5.10 Å². The van der Waals surface area contributed by atoms with Crippen molar-refractivity contribution < 1.29 is 4.74 Å². The Bertz CT molecular complexity index is 798. The summed E-state index contributed by atoms with van der Waals surface area (Å²) in [6, 6.07) is 11.9. The van der Waals surface area contributed by atoms with E-state index in [2.05, 4.69) is 30.5 Å². The summed E-state index contributed by atoms with van der Waals surface area (Å²) in [4.78, 5) is 13.1. The van der Waals surface area contributed by atoms with Crippen molar-refractivity contribution in [1.29, 1.82) is 0 Å². The van der Waals surface area contributed by atoms with E-state index in [0.717, 1.165) is 42.5 Å². The van der Waals surface area contributed by atoms with Crippen molar-refractivity contribution >= 4 is 5.82 Å². The highest BCUT2D eigenvalue weighted by Crippen LogP contribution is 2.24. The SMILES string of the molecule is c1ccc(-c2n[nH]c(CNc3cc([C@@H]4CCOC4)ncn3)n2)cc1. The molecule has 0 radical (unpaired) electrons. The second-order valence-corrected chi connectivity index (χ2v) is 5.71. The molecule has 7 heteroatoms. The zero-order chi connectivity index (χ0) is 16.2. The fourth-order valence-electron chi connectivity index (χ4n) is 2.73. The molecule has 2 N–H and O–H groups in total. The monoisotopic (exact) mass is 322 g/mol. The number of benzene rings is 1. The molecule has 3 aromatic rings. The number of ether oxygens (including phenoxy) is 1. The van der Waals surface area contributed by atoms with E-state index in [1.165, 1.54) is 0 Å². The zero-order valence-electron chi connectivity index (χ0n) is 13.1. The first-order valence-electron chi connectivity index (χ1n) is 7.99. The third-order valence-electron chi connectivity index (χ3n) is 4.04. The molecular formula is C17H18N6O. The Morgan fingerprint density at radius 1 is 1.21 bits per heavy atom. The average molecular weight is 322 g/mol. The van der Waals surface area contributed by atoms with Gasteiger partial charge < -0.3 is 10.1 Å². The van der Waals surface area contributed by atoms with Gasteiger partial charge in [0.15, 0.2) is 5.82 Å². The summed E-state index contributed by atoms with van der Waals surface area (Å²) in [7, 11) is 0. The van der Waals surface area contributed by atoms with Crippen LogP contribution in [0, 0.1) is 0 Å². The summed E-state index contributed by atoms with van der Waals surface area (Å²) in [6.45, 7) is 2.06. The van der Waals surface area contributed by atoms with Crippen LogP contribution in [0.2, 0.25) is 0 Å². The van der Waals surface area contributed by atoms with Crippen molar-refractivity contribution in [1.82, 2.24) is 25.1 Å². The molecular weight excluding hydrogens is 304 g/mol. The lowest BCUT2D eigenvalue weighted by Gasteiger charge is -2.09. The highest BCUT2D eigenvalue weighted by molar-refractivity contribution is 5.53. The number of rotatable bonds is 5. The molecule has 1 fully saturated rings. The predicted octanol–water partition coefficient (Wildman–Crippen LogP) is 2.38. The standard InChI is InChI=1S/C17H18N6O/c1-2-4-12(5-3-1)17-21-16(22-23-17)9-18-15-8-14(19-11-20-15)13-6-7-24-10-13/h1-5,8,11,13H,6-7,9-10H2,(H,18,19,20)(H,21,22,23)/t13-/m1/s1. The van der Waals surface area contributed by atoms with Crippen molar-refractivity contribution in [3.63, 3.8) is 0 Å². The number of hydrogen-bond donors (Lipinski definition) is 2. The van der Waals surface area contributed by atoms with E-state index in [9.17, 15) is 0 Å². The lowest BCUT2D eigenvalue weighted by atomic mass is 10.1. The van der Waals surface area contributed by atoms with Crippen LogP contribution in [-0.2, 0) is 11.3 Å². The summed E-state index contributed by atoms with van der Waals surface area (Å²) < 4.78 is 5.42. The van der Waals surface area contributed by atoms with Crippen LogP contribution in [0.3, 0.4) is 0 Å². The molecule has 1 aromatic carbocycles. The Morgan fingerprint density at radius 3 is 2.96 bits per heavy atom. The summed E-state index contributed by atoms with van der Waals surface area (Å²) in [5.74, 6) is 2.60. The van der Waals surface area contributed by atoms with Gasteiger partial charge in [-0.1, -0.05) is 30.3 Å². The quantitative estimate of drug-likeness (QED) is 0.750. The van der Waals surface area contributed by atoms with Crippen LogP contribution in [0.5, 0.6) is 0 Å². The second kappa shape index (κ2) is 6.76. The van der Waals surface area contributed by atoms with Crippen LogP contribution in [-0.4, -0.2) is 38.4 Å². The predicted molar refractivity (Wildman–Crippen MR) is 89.4 cm³/mol. The second-order valence-electron chi connectivity index (χ2n) is 5.71. The van der Waals surface area contributed by atoms with E-state index >= 15 is 0 Å². The van der Waals surface area contributed by atoms with Crippen LogP contribution < -0.4 is 5.32 Å². The van der Waals surface area contributed by atoms with Crippen LogP contribution in [0.4, 0.5) is 5.82 Å². The van der Waals surface area contributed by atoms with Crippen molar-refractivity contribution in [3.8, 4) is 11.4 Å². The molecule has 3 heterocycles. The molecule has 1 saturated heterocycles. The molecule has 4 rings (SSSR count). The first kappa shape index (κ1) is 14.8. The smallest absolute Gasteiger partial charge is 0.181 e. The van der Waals surface area contributed by atoms with Gasteiger partial charge in [0.25, 0.3) is 0 Å². The minimum atomic E-state index is 0.364. The third-order valence-corrected chi connectivity index (χ3v) is 4.04. The lowest BCUT2D eigenvalue weighted by Crippen LogP contribution is -2.06. The molecule has 1 atom stereocenters. The Labute approximate surface area is 139 Å². The first-order valence-corrected chi connectivity index (χ1v) is 7.99. The molecule has 0 saturated carbocycles. The summed E-state index contributed by atoms with van der Waals surface area (Å²) in [5.41, 5.74) is 2.01. The summed E-state index contributed by atoms with van der Waals surface area (Å²) >= 11 is 0. The molecule has 1 aliphatic rings. The molecule has 2 aromatic heterocycles. The molecule has 122 valence electrons. The van der Waals surface area contributed by atoms with Crippen molar-refractivity contribution in [2.45, 2.75) is 18.9 Å². The number of H-pyrrole nitrogens is 1. The van der Waals surface area contributed by atoms with Crippen molar-refractivity contribution in [3.05, 3.63) is 54.2 Å². The van der Waals surface area contributed by atoms with Crippen LogP contribution in [0.15, 0.2) is 42.7 Å². The Balaban J connectivity index is 1.42. The molecule has 0 unspecified atom stereocenters. The molecule has 0 amide bonds. The van der Waals surface area contributed by atoms with Crippen molar-refractivity contribution in [2.75, 3.05) is 18.5 Å². The molecule has 1 aliphatic heterocycles. The largest absolute Gasteiger partial charge is 0.381 e. The van der Waals surface area contributed by atoms with Gasteiger partial charge in [0.05, 0.1) is 18.8 Å². The Kier molecular flexibility index (Phi) is 4.16. The van der Waals surface area contributed by atoms with Gasteiger partial charge in [-0.15, -0.1) is 0 Å². The summed E-state index contributed by atoms with van der Waals surface area (Å²) in [5, 5.41) is 10.5. The normalized spacial score (nSPS) is 17.1. The lowest BCUT2D eigenvalue weighted by molar-refractivity contribution is 0.193. The van der Waals surface area contributed by atoms with Crippen molar-refractivity contribution in [2.24, 2.45) is 0 Å². The maximum absolute atomic E-state index is 5.42. The first-order chi connectivity index (χ1) is 11.9. The van der Waals surface area contributed by atoms with E-state index in [1.54, 1.807) is 6.33 Å². The van der Waals surface area contributed by atoms with Gasteiger partial charge in [0, 0.05) is 24.2 Å². The fourth-order valence-corrected chi connectivity index (χ4v) is 2.73. The van der Waals surface area contributed by atoms with Crippen LogP contribution >= 0.6 is 0 Å². The molecule has 0 bridgehead atoms. The fraction of sp³-hybridized carbons (Fsp3) is 0.294. The number of nitrogens with one attached hydrogen (secondary N) is 2. The maximum Gasteiger partial charge on any atom is 0.181 e. The third kappa shape index (κ3) is 3.26. The number of aromatic nitrogens is 5. The van der Waals surface area contributed by atoms with E-state index in [4.69, 9.17) is 4.74 Å². The van der Waals surface area contributed by atoms with Gasteiger partial charge in [-0.25, -0.2) is 15.0 Å². The van der Waals surface area contributed by atoms with Crippen LogP contribution in [0.1, 0.15) is 23.9 Å². The number of anilines is 1. The van der Waals surface area contributed by atoms with E-state index in [-0.39, 0.29) is 0 Å². The van der Waals surface area contributed by atoms with Gasteiger partial charge >= 0.3 is 0 Å². The number of nitrogens with zero attached hydrogens (tertiary/aromatic N) is 4. The van der Waals surface area contributed by atoms with Gasteiger partial charge in [0.1, 0.15) is 18.0 Å². The molecule has 0 spiro atoms. The Morgan fingerprint density at radius 2 is 2.12 bits per heavy atom. The summed E-state index contributed by atoms with van der Waals surface area (Å²) in [6.07, 6.45) is 2.60. The van der Waals surface area contributed by atoms with Gasteiger partial charge in [-0.2, -0.15) is 5.10 Å². The Hall–Kier alpha value is -2.80. The average Bonchev–Trinajstić information content (AvgIpc) is 3.33.